The molecule has 9 heteroatoms. The van der Waals surface area contributed by atoms with E-state index in [2.05, 4.69) is 10.2 Å². The standard InChI is InChI=1S/C17H22N4O4S/c1-12-6-4-8-14(15(12)17(22)25-3)26(23,24)21-9-5-7-13(10-21)16-19-18-11-20(16)2/h4,6,8,11,13H,5,7,9-10H2,1-3H3/t13-/m1/s1. The third-order valence-corrected chi connectivity index (χ3v) is 6.65. The van der Waals surface area contributed by atoms with Crippen molar-refractivity contribution in [1.29, 1.82) is 0 Å². The first kappa shape index (κ1) is 18.5. The van der Waals surface area contributed by atoms with Gasteiger partial charge < -0.3 is 9.30 Å². The minimum absolute atomic E-state index is 0.0111. The number of nitrogens with zero attached hydrogens (tertiary/aromatic N) is 4. The zero-order chi connectivity index (χ0) is 18.9. The van der Waals surface area contributed by atoms with Crippen molar-refractivity contribution in [1.82, 2.24) is 19.1 Å². The lowest BCUT2D eigenvalue weighted by atomic mass is 9.99. The molecule has 0 amide bonds. The van der Waals surface area contributed by atoms with E-state index in [0.717, 1.165) is 18.7 Å². The summed E-state index contributed by atoms with van der Waals surface area (Å²) in [6, 6.07) is 4.79. The summed E-state index contributed by atoms with van der Waals surface area (Å²) in [5.74, 6) is 0.0864. The molecule has 1 atom stereocenters. The molecule has 0 aliphatic carbocycles. The van der Waals surface area contributed by atoms with Gasteiger partial charge in [-0.2, -0.15) is 4.31 Å². The highest BCUT2D eigenvalue weighted by Gasteiger charge is 2.35. The number of carbonyl (C=O) groups excluding carboxylic acids is 1. The number of methoxy groups -OCH3 is 1. The Morgan fingerprint density at radius 1 is 1.35 bits per heavy atom. The van der Waals surface area contributed by atoms with Crippen LogP contribution in [-0.2, 0) is 21.8 Å². The van der Waals surface area contributed by atoms with Crippen LogP contribution in [0.4, 0.5) is 0 Å². The van der Waals surface area contributed by atoms with Crippen LogP contribution in [0.5, 0.6) is 0 Å². The summed E-state index contributed by atoms with van der Waals surface area (Å²) < 4.78 is 34.5. The molecule has 1 aromatic heterocycles. The Bertz CT molecular complexity index is 923. The van der Waals surface area contributed by atoms with Crippen LogP contribution in [0.1, 0.15) is 40.5 Å². The summed E-state index contributed by atoms with van der Waals surface area (Å²) in [6.45, 7) is 2.42. The third kappa shape index (κ3) is 3.24. The lowest BCUT2D eigenvalue weighted by molar-refractivity contribution is 0.0595. The van der Waals surface area contributed by atoms with E-state index in [1.807, 2.05) is 11.6 Å². The van der Waals surface area contributed by atoms with Crippen molar-refractivity contribution in [3.8, 4) is 0 Å². The van der Waals surface area contributed by atoms with E-state index in [4.69, 9.17) is 4.74 Å². The number of sulfonamides is 1. The molecule has 0 bridgehead atoms. The Morgan fingerprint density at radius 3 is 2.77 bits per heavy atom. The van der Waals surface area contributed by atoms with Gasteiger partial charge in [-0.1, -0.05) is 12.1 Å². The molecule has 1 aromatic carbocycles. The molecule has 2 heterocycles. The fourth-order valence-electron chi connectivity index (χ4n) is 3.39. The summed E-state index contributed by atoms with van der Waals surface area (Å²) in [5.41, 5.74) is 0.663. The number of hydrogen-bond acceptors (Lipinski definition) is 6. The fourth-order valence-corrected chi connectivity index (χ4v) is 5.17. The van der Waals surface area contributed by atoms with Crippen LogP contribution in [0.25, 0.3) is 0 Å². The van der Waals surface area contributed by atoms with Gasteiger partial charge in [0.2, 0.25) is 10.0 Å². The average molecular weight is 378 g/mol. The van der Waals surface area contributed by atoms with Crippen LogP contribution >= 0.6 is 0 Å². The molecule has 26 heavy (non-hydrogen) atoms. The van der Waals surface area contributed by atoms with Gasteiger partial charge in [0.05, 0.1) is 17.6 Å². The van der Waals surface area contributed by atoms with Gasteiger partial charge in [-0.05, 0) is 31.4 Å². The van der Waals surface area contributed by atoms with Gasteiger partial charge in [-0.3, -0.25) is 0 Å². The molecule has 1 aliphatic heterocycles. The number of carbonyl (C=O) groups is 1. The Kier molecular flexibility index (Phi) is 5.10. The maximum absolute atomic E-state index is 13.3. The Hall–Kier alpha value is -2.26. The van der Waals surface area contributed by atoms with E-state index in [9.17, 15) is 13.2 Å². The van der Waals surface area contributed by atoms with Crippen LogP contribution in [-0.4, -0.2) is 53.7 Å². The number of ether oxygens (including phenoxy) is 1. The highest BCUT2D eigenvalue weighted by molar-refractivity contribution is 7.89. The topological polar surface area (TPSA) is 94.4 Å². The van der Waals surface area contributed by atoms with Gasteiger partial charge in [-0.15, -0.1) is 10.2 Å². The molecule has 0 radical (unpaired) electrons. The van der Waals surface area contributed by atoms with E-state index in [-0.39, 0.29) is 16.4 Å². The van der Waals surface area contributed by atoms with Gasteiger partial charge in [-0.25, -0.2) is 13.2 Å². The lowest BCUT2D eigenvalue weighted by Gasteiger charge is -2.31. The molecule has 8 nitrogen and oxygen atoms in total. The van der Waals surface area contributed by atoms with Crippen molar-refractivity contribution in [2.24, 2.45) is 7.05 Å². The molecule has 1 aliphatic rings. The highest BCUT2D eigenvalue weighted by Crippen LogP contribution is 2.31. The number of hydrogen-bond donors (Lipinski definition) is 0. The second kappa shape index (κ2) is 7.16. The summed E-state index contributed by atoms with van der Waals surface area (Å²) in [7, 11) is -0.740. The smallest absolute Gasteiger partial charge is 0.339 e. The van der Waals surface area contributed by atoms with Crippen molar-refractivity contribution in [2.45, 2.75) is 30.6 Å². The minimum Gasteiger partial charge on any atom is -0.465 e. The first-order valence-electron chi connectivity index (χ1n) is 8.38. The second-order valence-electron chi connectivity index (χ2n) is 6.44. The van der Waals surface area contributed by atoms with E-state index in [1.165, 1.54) is 17.5 Å². The summed E-state index contributed by atoms with van der Waals surface area (Å²) in [4.78, 5) is 12.1. The predicted molar refractivity (Wildman–Crippen MR) is 94.3 cm³/mol. The molecule has 1 fully saturated rings. The lowest BCUT2D eigenvalue weighted by Crippen LogP contribution is -2.40. The van der Waals surface area contributed by atoms with E-state index in [1.54, 1.807) is 25.4 Å². The predicted octanol–water partition coefficient (Wildman–Crippen LogP) is 1.48. The zero-order valence-electron chi connectivity index (χ0n) is 15.0. The second-order valence-corrected chi connectivity index (χ2v) is 8.35. The van der Waals surface area contributed by atoms with Crippen molar-refractivity contribution in [3.63, 3.8) is 0 Å². The monoisotopic (exact) mass is 378 g/mol. The van der Waals surface area contributed by atoms with Crippen molar-refractivity contribution in [3.05, 3.63) is 41.5 Å². The number of aromatic nitrogens is 3. The van der Waals surface area contributed by atoms with E-state index >= 15 is 0 Å². The highest BCUT2D eigenvalue weighted by atomic mass is 32.2. The van der Waals surface area contributed by atoms with Crippen LogP contribution in [0.2, 0.25) is 0 Å². The van der Waals surface area contributed by atoms with Gasteiger partial charge in [0, 0.05) is 26.1 Å². The van der Waals surface area contributed by atoms with Gasteiger partial charge in [0.15, 0.2) is 0 Å². The van der Waals surface area contributed by atoms with Gasteiger partial charge in [0.25, 0.3) is 0 Å². The van der Waals surface area contributed by atoms with Crippen LogP contribution in [0.3, 0.4) is 0 Å². The quantitative estimate of drug-likeness (QED) is 0.748. The van der Waals surface area contributed by atoms with Crippen LogP contribution in [0.15, 0.2) is 29.4 Å². The SMILES string of the molecule is COC(=O)c1c(C)cccc1S(=O)(=O)N1CCC[C@@H](c2nncn2C)C1. The van der Waals surface area contributed by atoms with Gasteiger partial charge in [0.1, 0.15) is 12.2 Å². The fraction of sp³-hybridized carbons (Fsp3) is 0.471. The summed E-state index contributed by atoms with van der Waals surface area (Å²) in [6.07, 6.45) is 3.17. The minimum atomic E-state index is -3.83. The maximum Gasteiger partial charge on any atom is 0.339 e. The van der Waals surface area contributed by atoms with Crippen LogP contribution < -0.4 is 0 Å². The molecule has 0 unspecified atom stereocenters. The van der Waals surface area contributed by atoms with E-state index < -0.39 is 16.0 Å². The number of esters is 1. The number of rotatable bonds is 4. The first-order valence-corrected chi connectivity index (χ1v) is 9.82. The molecule has 0 saturated carbocycles. The summed E-state index contributed by atoms with van der Waals surface area (Å²) in [5, 5.41) is 8.01. The van der Waals surface area contributed by atoms with Gasteiger partial charge >= 0.3 is 5.97 Å². The Morgan fingerprint density at radius 2 is 2.12 bits per heavy atom. The molecule has 3 rings (SSSR count). The Labute approximate surface area is 152 Å². The first-order chi connectivity index (χ1) is 12.4. The normalized spacial score (nSPS) is 18.7. The Balaban J connectivity index is 1.97. The van der Waals surface area contributed by atoms with E-state index in [0.29, 0.717) is 18.7 Å². The third-order valence-electron chi connectivity index (χ3n) is 4.74. The van der Waals surface area contributed by atoms with Crippen molar-refractivity contribution >= 4 is 16.0 Å². The molecule has 2 aromatic rings. The molecule has 140 valence electrons. The molecule has 0 spiro atoms. The van der Waals surface area contributed by atoms with Crippen molar-refractivity contribution in [2.75, 3.05) is 20.2 Å². The molecule has 0 N–H and O–H groups in total. The van der Waals surface area contributed by atoms with Crippen LogP contribution in [0, 0.1) is 6.92 Å². The number of piperidine rings is 1. The maximum atomic E-state index is 13.3. The molecule has 1 saturated heterocycles. The number of benzene rings is 1. The molecular weight excluding hydrogens is 356 g/mol. The van der Waals surface area contributed by atoms with Crippen molar-refractivity contribution < 1.29 is 17.9 Å². The zero-order valence-corrected chi connectivity index (χ0v) is 15.9. The number of aryl methyl sites for hydroxylation is 2. The largest absolute Gasteiger partial charge is 0.465 e. The summed E-state index contributed by atoms with van der Waals surface area (Å²) >= 11 is 0. The molecular formula is C17H22N4O4S. The average Bonchev–Trinajstić information content (AvgIpc) is 3.07.